The average molecular weight is 410 g/mol. The van der Waals surface area contributed by atoms with Crippen LogP contribution in [-0.2, 0) is 10.4 Å². The Labute approximate surface area is 145 Å². The summed E-state index contributed by atoms with van der Waals surface area (Å²) in [5.74, 6) is 0. The maximum Gasteiger partial charge on any atom is 0.217 e. The molecule has 0 saturated carbocycles. The Morgan fingerprint density at radius 1 is 1.39 bits per heavy atom. The molecule has 4 atom stereocenters. The van der Waals surface area contributed by atoms with Gasteiger partial charge in [-0.15, -0.1) is 0 Å². The van der Waals surface area contributed by atoms with Gasteiger partial charge in [-0.2, -0.15) is 0 Å². The average Bonchev–Trinajstić information content (AvgIpc) is 2.90. The third kappa shape index (κ3) is 2.70. The highest BCUT2D eigenvalue weighted by Crippen LogP contribution is 2.48. The molecule has 0 aliphatic heterocycles. The van der Waals surface area contributed by atoms with E-state index in [1.54, 1.807) is 18.2 Å². The molecule has 126 valence electrons. The lowest BCUT2D eigenvalue weighted by Gasteiger charge is -2.45. The maximum atomic E-state index is 11.1. The van der Waals surface area contributed by atoms with Crippen molar-refractivity contribution >= 4 is 44.7 Å². The molecule has 0 bridgehead atoms. The Hall–Kier alpha value is -1.00. The zero-order valence-corrected chi connectivity index (χ0v) is 13.9. The number of carbonyl (C=O) groups excluding carboxylic acids is 1. The fourth-order valence-corrected chi connectivity index (χ4v) is 2.77. The van der Waals surface area contributed by atoms with Gasteiger partial charge in [0.2, 0.25) is 5.06 Å². The van der Waals surface area contributed by atoms with Gasteiger partial charge in [-0.1, -0.05) is 29.8 Å². The number of alkyl halides is 2. The van der Waals surface area contributed by atoms with Crippen molar-refractivity contribution < 1.29 is 31.7 Å². The van der Waals surface area contributed by atoms with Gasteiger partial charge in [0.25, 0.3) is 0 Å². The number of benzene rings is 1. The van der Waals surface area contributed by atoms with E-state index in [1.165, 1.54) is 6.07 Å². The van der Waals surface area contributed by atoms with Gasteiger partial charge in [0.1, 0.15) is 6.10 Å². The van der Waals surface area contributed by atoms with E-state index in [1.807, 2.05) is 0 Å². The van der Waals surface area contributed by atoms with Gasteiger partial charge in [0.05, 0.1) is 13.7 Å². The SMILES string of the molecule is [2H]c1c([C@@](O)([C@@H](O)C=O)[C@](O)(Cl)[C@@](O)(Br)CO)[nH]c2ccccc12. The van der Waals surface area contributed by atoms with Crippen molar-refractivity contribution in [3.05, 3.63) is 36.0 Å². The van der Waals surface area contributed by atoms with E-state index in [4.69, 9.17) is 13.0 Å². The van der Waals surface area contributed by atoms with E-state index < -0.39 is 33.6 Å². The molecule has 0 spiro atoms. The fraction of sp³-hybridized carbons (Fsp3) is 0.357. The molecule has 2 aromatic rings. The van der Waals surface area contributed by atoms with Crippen LogP contribution in [0.1, 0.15) is 7.06 Å². The van der Waals surface area contributed by atoms with Gasteiger partial charge >= 0.3 is 0 Å². The lowest BCUT2D eigenvalue weighted by molar-refractivity contribution is -0.215. The van der Waals surface area contributed by atoms with Crippen LogP contribution in [0.4, 0.5) is 0 Å². The lowest BCUT2D eigenvalue weighted by Crippen LogP contribution is -2.66. The summed E-state index contributed by atoms with van der Waals surface area (Å²) in [4.78, 5) is 13.7. The van der Waals surface area contributed by atoms with Crippen LogP contribution in [0.25, 0.3) is 10.9 Å². The van der Waals surface area contributed by atoms with E-state index >= 15 is 0 Å². The monoisotopic (exact) mass is 408 g/mol. The molecule has 2 rings (SSSR count). The maximum absolute atomic E-state index is 11.1. The number of aromatic amines is 1. The largest absolute Gasteiger partial charge is 0.392 e. The highest BCUT2D eigenvalue weighted by atomic mass is 79.9. The lowest BCUT2D eigenvalue weighted by atomic mass is 9.83. The minimum atomic E-state index is -3.19. The predicted molar refractivity (Wildman–Crippen MR) is 86.0 cm³/mol. The summed E-state index contributed by atoms with van der Waals surface area (Å²) < 4.78 is 5.43. The second kappa shape index (κ2) is 6.14. The van der Waals surface area contributed by atoms with Gasteiger partial charge in [-0.3, -0.25) is 0 Å². The highest BCUT2D eigenvalue weighted by molar-refractivity contribution is 9.10. The van der Waals surface area contributed by atoms with Crippen molar-refractivity contribution in [3.8, 4) is 0 Å². The number of aromatic nitrogens is 1. The summed E-state index contributed by atoms with van der Waals surface area (Å²) in [6.45, 7) is -1.17. The van der Waals surface area contributed by atoms with E-state index in [9.17, 15) is 30.3 Å². The minimum absolute atomic E-state index is 0.112. The third-order valence-corrected chi connectivity index (χ3v) is 5.26. The Balaban J connectivity index is 2.81. The number of H-pyrrole nitrogens is 1. The summed E-state index contributed by atoms with van der Waals surface area (Å²) in [7, 11) is 0. The van der Waals surface area contributed by atoms with Gasteiger partial charge in [-0.05, 0) is 33.4 Å². The first-order chi connectivity index (χ1) is 11.0. The zero-order valence-electron chi connectivity index (χ0n) is 12.6. The second-order valence-electron chi connectivity index (χ2n) is 5.06. The molecule has 23 heavy (non-hydrogen) atoms. The molecule has 0 unspecified atom stereocenters. The van der Waals surface area contributed by atoms with Crippen LogP contribution in [0, 0.1) is 0 Å². The minimum Gasteiger partial charge on any atom is -0.392 e. The standard InChI is InChI=1S/C14H15BrClNO6/c15-12(21,7-19)14(16,23)13(22,11(20)6-18)10-5-8-3-1-2-4-9(8)17-10/h1-6,11,17,19-23H,7H2/t11-,12+,13+,14-/m0/s1/i5D. The number of fused-ring (bicyclic) bond motifs is 1. The molecule has 1 aromatic heterocycles. The van der Waals surface area contributed by atoms with Crippen molar-refractivity contribution in [1.29, 1.82) is 0 Å². The summed E-state index contributed by atoms with van der Waals surface area (Å²) in [6.07, 6.45) is -2.44. The van der Waals surface area contributed by atoms with E-state index in [2.05, 4.69) is 20.9 Å². The second-order valence-corrected chi connectivity index (χ2v) is 6.92. The Bertz CT molecular complexity index is 767. The first-order valence-electron chi connectivity index (χ1n) is 6.91. The van der Waals surface area contributed by atoms with Gasteiger partial charge in [0, 0.05) is 5.52 Å². The van der Waals surface area contributed by atoms with Crippen LogP contribution in [0.5, 0.6) is 0 Å². The van der Waals surface area contributed by atoms with Crippen molar-refractivity contribution in [1.82, 2.24) is 4.98 Å². The van der Waals surface area contributed by atoms with Crippen LogP contribution in [-0.4, -0.2) is 59.1 Å². The quantitative estimate of drug-likeness (QED) is 0.292. The topological polar surface area (TPSA) is 134 Å². The summed E-state index contributed by atoms with van der Waals surface area (Å²) in [6, 6.07) is 6.00. The molecule has 0 amide bonds. The number of aliphatic hydroxyl groups excluding tert-OH is 2. The number of para-hydroxylation sites is 1. The van der Waals surface area contributed by atoms with Crippen LogP contribution < -0.4 is 0 Å². The molecule has 9 heteroatoms. The van der Waals surface area contributed by atoms with Crippen LogP contribution in [0.3, 0.4) is 0 Å². The first-order valence-corrected chi connectivity index (χ1v) is 7.58. The molecular formula is C14H15BrClNO6. The van der Waals surface area contributed by atoms with Crippen molar-refractivity contribution in [2.45, 2.75) is 21.3 Å². The number of hydrogen-bond acceptors (Lipinski definition) is 6. The predicted octanol–water partition coefficient (Wildman–Crippen LogP) is -0.0815. The number of halogens is 2. The number of rotatable bonds is 6. The highest BCUT2D eigenvalue weighted by Gasteiger charge is 2.65. The number of carbonyl (C=O) groups is 1. The molecule has 0 radical (unpaired) electrons. The van der Waals surface area contributed by atoms with Crippen molar-refractivity contribution in [2.24, 2.45) is 0 Å². The Morgan fingerprint density at radius 3 is 2.52 bits per heavy atom. The van der Waals surface area contributed by atoms with Gasteiger partial charge in [-0.25, -0.2) is 0 Å². The number of nitrogens with one attached hydrogen (secondary N) is 1. The first kappa shape index (κ1) is 16.8. The molecule has 1 heterocycles. The van der Waals surface area contributed by atoms with Crippen LogP contribution in [0.2, 0.25) is 0 Å². The normalized spacial score (nSPS) is 21.8. The van der Waals surface area contributed by atoms with E-state index in [-0.39, 0.29) is 12.3 Å². The fourth-order valence-electron chi connectivity index (χ4n) is 2.20. The Morgan fingerprint density at radius 2 is 2.00 bits per heavy atom. The molecule has 0 aliphatic carbocycles. The molecular weight excluding hydrogens is 394 g/mol. The molecule has 1 aromatic carbocycles. The van der Waals surface area contributed by atoms with Crippen molar-refractivity contribution in [3.63, 3.8) is 0 Å². The van der Waals surface area contributed by atoms with Gasteiger partial charge < -0.3 is 35.3 Å². The Kier molecular flexibility index (Phi) is 4.49. The molecule has 0 aliphatic rings. The molecule has 7 nitrogen and oxygen atoms in total. The van der Waals surface area contributed by atoms with Gasteiger partial charge in [0.15, 0.2) is 16.4 Å². The molecule has 6 N–H and O–H groups in total. The van der Waals surface area contributed by atoms with Crippen molar-refractivity contribution in [2.75, 3.05) is 6.61 Å². The number of hydrogen-bond donors (Lipinski definition) is 6. The number of aliphatic hydroxyl groups is 5. The summed E-state index contributed by atoms with van der Waals surface area (Å²) in [5, 5.41) is 47.8. The van der Waals surface area contributed by atoms with Crippen LogP contribution in [0.15, 0.2) is 30.3 Å². The zero-order chi connectivity index (χ0) is 18.3. The smallest absolute Gasteiger partial charge is 0.217 e. The van der Waals surface area contributed by atoms with Crippen LogP contribution >= 0.6 is 27.5 Å². The number of aldehydes is 1. The molecule has 0 saturated heterocycles. The summed E-state index contributed by atoms with van der Waals surface area (Å²) in [5.41, 5.74) is -3.19. The van der Waals surface area contributed by atoms with E-state index in [0.717, 1.165) is 0 Å². The summed E-state index contributed by atoms with van der Waals surface area (Å²) >= 11 is 8.43. The van der Waals surface area contributed by atoms with E-state index in [0.29, 0.717) is 10.9 Å². The third-order valence-electron chi connectivity index (χ3n) is 3.61. The molecule has 0 fully saturated rings.